The van der Waals surface area contributed by atoms with E-state index in [9.17, 15) is 9.59 Å². The number of anilines is 1. The average Bonchev–Trinajstić information content (AvgIpc) is 3.35. The Labute approximate surface area is 228 Å². The molecule has 194 valence electrons. The molecule has 0 saturated heterocycles. The molecule has 0 bridgehead atoms. The lowest BCUT2D eigenvalue weighted by Crippen LogP contribution is -2.45. The molecule has 0 aromatic heterocycles. The van der Waals surface area contributed by atoms with Crippen molar-refractivity contribution in [2.24, 2.45) is 5.41 Å². The van der Waals surface area contributed by atoms with Crippen LogP contribution in [0.5, 0.6) is 5.75 Å². The third-order valence-electron chi connectivity index (χ3n) is 7.04. The Morgan fingerprint density at radius 1 is 0.946 bits per heavy atom. The number of ether oxygens (including phenoxy) is 1. The van der Waals surface area contributed by atoms with Crippen LogP contribution in [-0.2, 0) is 17.6 Å². The Bertz CT molecular complexity index is 1230. The zero-order chi connectivity index (χ0) is 26.4. The third kappa shape index (κ3) is 6.65. The highest BCUT2D eigenvalue weighted by Gasteiger charge is 2.41. The molecule has 2 amide bonds. The minimum atomic E-state index is -0.380. The van der Waals surface area contributed by atoms with Crippen molar-refractivity contribution in [2.45, 2.75) is 51.5 Å². The zero-order valence-electron chi connectivity index (χ0n) is 21.2. The van der Waals surface area contributed by atoms with Crippen molar-refractivity contribution in [3.8, 4) is 5.75 Å². The molecule has 0 aliphatic heterocycles. The van der Waals surface area contributed by atoms with Crippen LogP contribution < -0.4 is 15.4 Å². The quantitative estimate of drug-likeness (QED) is 0.305. The van der Waals surface area contributed by atoms with Crippen molar-refractivity contribution in [3.63, 3.8) is 0 Å². The number of halogens is 2. The summed E-state index contributed by atoms with van der Waals surface area (Å²) in [6.45, 7) is 2.03. The fourth-order valence-corrected chi connectivity index (χ4v) is 5.69. The highest BCUT2D eigenvalue weighted by molar-refractivity contribution is 6.40. The fraction of sp³-hybridized carbons (Fsp3) is 0.333. The third-order valence-corrected chi connectivity index (χ3v) is 7.67. The zero-order valence-corrected chi connectivity index (χ0v) is 22.7. The van der Waals surface area contributed by atoms with Gasteiger partial charge in [-0.1, -0.05) is 66.4 Å². The fourth-order valence-electron chi connectivity index (χ4n) is 5.12. The molecule has 3 aromatic rings. The van der Waals surface area contributed by atoms with Crippen molar-refractivity contribution in [1.29, 1.82) is 0 Å². The minimum absolute atomic E-state index is 0.0299. The van der Waals surface area contributed by atoms with E-state index in [0.29, 0.717) is 28.6 Å². The molecule has 7 heteroatoms. The Balaban J connectivity index is 1.36. The number of carbonyl (C=O) groups is 2. The van der Waals surface area contributed by atoms with Gasteiger partial charge in [0, 0.05) is 11.7 Å². The SMILES string of the molecule is COc1cccc(CC2(C(=O)NC(C)Cc3ccc(NC(=O)c4c(Cl)cccc4Cl)cc3)CCCC2)c1. The molecule has 5 nitrogen and oxygen atoms in total. The van der Waals surface area contributed by atoms with E-state index in [2.05, 4.69) is 16.7 Å². The van der Waals surface area contributed by atoms with Gasteiger partial charge in [-0.25, -0.2) is 0 Å². The van der Waals surface area contributed by atoms with Gasteiger partial charge < -0.3 is 15.4 Å². The van der Waals surface area contributed by atoms with Crippen molar-refractivity contribution in [2.75, 3.05) is 12.4 Å². The Hall–Kier alpha value is -3.02. The van der Waals surface area contributed by atoms with E-state index < -0.39 is 0 Å². The number of methoxy groups -OCH3 is 1. The van der Waals surface area contributed by atoms with Gasteiger partial charge in [0.15, 0.2) is 0 Å². The molecule has 1 fully saturated rings. The Morgan fingerprint density at radius 3 is 2.24 bits per heavy atom. The summed E-state index contributed by atoms with van der Waals surface area (Å²) in [7, 11) is 1.66. The standard InChI is InChI=1S/C30H32Cl2N2O3/c1-20(33-29(36)30(15-3-4-16-30)19-22-7-5-8-24(18-22)37-2)17-21-11-13-23(14-12-21)34-28(35)27-25(31)9-6-10-26(27)32/h5-14,18,20H,3-4,15-17,19H2,1-2H3,(H,33,36)(H,34,35). The number of nitrogens with one attached hydrogen (secondary N) is 2. The highest BCUT2D eigenvalue weighted by atomic mass is 35.5. The predicted octanol–water partition coefficient (Wildman–Crippen LogP) is 7.10. The van der Waals surface area contributed by atoms with E-state index in [1.807, 2.05) is 49.4 Å². The second-order valence-electron chi connectivity index (χ2n) is 9.84. The number of amides is 2. The van der Waals surface area contributed by atoms with Gasteiger partial charge in [0.25, 0.3) is 5.91 Å². The van der Waals surface area contributed by atoms with E-state index >= 15 is 0 Å². The molecular formula is C30H32Cl2N2O3. The van der Waals surface area contributed by atoms with Crippen LogP contribution in [-0.4, -0.2) is 25.0 Å². The van der Waals surface area contributed by atoms with Gasteiger partial charge in [0.05, 0.1) is 28.1 Å². The van der Waals surface area contributed by atoms with Gasteiger partial charge in [-0.3, -0.25) is 9.59 Å². The Kier molecular flexibility index (Phi) is 8.78. The van der Waals surface area contributed by atoms with Crippen LogP contribution in [0.2, 0.25) is 10.0 Å². The van der Waals surface area contributed by atoms with E-state index in [4.69, 9.17) is 27.9 Å². The van der Waals surface area contributed by atoms with Crippen molar-refractivity contribution >= 4 is 40.7 Å². The number of benzene rings is 3. The normalized spacial score (nSPS) is 15.1. The summed E-state index contributed by atoms with van der Waals surface area (Å²) in [5.41, 5.74) is 2.70. The number of hydrogen-bond acceptors (Lipinski definition) is 3. The molecular weight excluding hydrogens is 507 g/mol. The molecule has 3 aromatic carbocycles. The second kappa shape index (κ2) is 12.0. The summed E-state index contributed by atoms with van der Waals surface area (Å²) in [4.78, 5) is 26.1. The minimum Gasteiger partial charge on any atom is -0.497 e. The lowest BCUT2D eigenvalue weighted by atomic mass is 9.78. The summed E-state index contributed by atoms with van der Waals surface area (Å²) in [6, 6.07) is 20.5. The molecule has 37 heavy (non-hydrogen) atoms. The summed E-state index contributed by atoms with van der Waals surface area (Å²) in [5, 5.41) is 6.72. The lowest BCUT2D eigenvalue weighted by Gasteiger charge is -2.30. The summed E-state index contributed by atoms with van der Waals surface area (Å²) >= 11 is 12.3. The predicted molar refractivity (Wildman–Crippen MR) is 150 cm³/mol. The molecule has 1 atom stereocenters. The van der Waals surface area contributed by atoms with Crippen LogP contribution >= 0.6 is 23.2 Å². The second-order valence-corrected chi connectivity index (χ2v) is 10.7. The average molecular weight is 540 g/mol. The van der Waals surface area contributed by atoms with Gasteiger partial charge in [-0.05, 0) is 80.1 Å². The van der Waals surface area contributed by atoms with Crippen molar-refractivity contribution < 1.29 is 14.3 Å². The van der Waals surface area contributed by atoms with E-state index in [1.54, 1.807) is 25.3 Å². The van der Waals surface area contributed by atoms with E-state index in [1.165, 1.54) is 0 Å². The summed E-state index contributed by atoms with van der Waals surface area (Å²) in [5.74, 6) is 0.580. The largest absolute Gasteiger partial charge is 0.497 e. The topological polar surface area (TPSA) is 67.4 Å². The first-order chi connectivity index (χ1) is 17.8. The maximum atomic E-state index is 13.5. The molecule has 1 aliphatic rings. The van der Waals surface area contributed by atoms with Gasteiger partial charge in [-0.2, -0.15) is 0 Å². The number of carbonyl (C=O) groups excluding carboxylic acids is 2. The van der Waals surface area contributed by atoms with Crippen LogP contribution in [0.15, 0.2) is 66.7 Å². The molecule has 0 spiro atoms. The molecule has 0 heterocycles. The van der Waals surface area contributed by atoms with Crippen LogP contribution in [0, 0.1) is 5.41 Å². The van der Waals surface area contributed by atoms with Crippen molar-refractivity contribution in [1.82, 2.24) is 5.32 Å². The molecule has 4 rings (SSSR count). The number of rotatable bonds is 9. The smallest absolute Gasteiger partial charge is 0.258 e. The monoisotopic (exact) mass is 538 g/mol. The molecule has 1 aliphatic carbocycles. The van der Waals surface area contributed by atoms with Gasteiger partial charge in [-0.15, -0.1) is 0 Å². The molecule has 2 N–H and O–H groups in total. The van der Waals surface area contributed by atoms with Crippen LogP contribution in [0.25, 0.3) is 0 Å². The van der Waals surface area contributed by atoms with Gasteiger partial charge >= 0.3 is 0 Å². The first kappa shape index (κ1) is 27.0. The first-order valence-electron chi connectivity index (χ1n) is 12.6. The molecule has 1 unspecified atom stereocenters. The lowest BCUT2D eigenvalue weighted by molar-refractivity contribution is -0.131. The van der Waals surface area contributed by atoms with Gasteiger partial charge in [0.2, 0.25) is 5.91 Å². The van der Waals surface area contributed by atoms with E-state index in [0.717, 1.165) is 42.6 Å². The van der Waals surface area contributed by atoms with Crippen molar-refractivity contribution in [3.05, 3.63) is 93.5 Å². The van der Waals surface area contributed by atoms with Crippen LogP contribution in [0.3, 0.4) is 0 Å². The summed E-state index contributed by atoms with van der Waals surface area (Å²) < 4.78 is 5.37. The van der Waals surface area contributed by atoms with Crippen LogP contribution in [0.4, 0.5) is 5.69 Å². The van der Waals surface area contributed by atoms with E-state index in [-0.39, 0.29) is 28.8 Å². The van der Waals surface area contributed by atoms with Crippen LogP contribution in [0.1, 0.15) is 54.1 Å². The van der Waals surface area contributed by atoms with Gasteiger partial charge in [0.1, 0.15) is 5.75 Å². The summed E-state index contributed by atoms with van der Waals surface area (Å²) in [6.07, 6.45) is 5.33. The molecule has 1 saturated carbocycles. The maximum Gasteiger partial charge on any atom is 0.258 e. The Morgan fingerprint density at radius 2 is 1.59 bits per heavy atom. The molecule has 0 radical (unpaired) electrons. The maximum absolute atomic E-state index is 13.5. The highest BCUT2D eigenvalue weighted by Crippen LogP contribution is 2.41. The number of hydrogen-bond donors (Lipinski definition) is 2. The first-order valence-corrected chi connectivity index (χ1v) is 13.3.